The zero-order valence-electron chi connectivity index (χ0n) is 10.9. The molecule has 102 valence electrons. The average Bonchev–Trinajstić information content (AvgIpc) is 2.42. The average molecular weight is 254 g/mol. The Morgan fingerprint density at radius 3 is 2.44 bits per heavy atom. The minimum Gasteiger partial charge on any atom is -0.386 e. The summed E-state index contributed by atoms with van der Waals surface area (Å²) in [4.78, 5) is 0. The standard InChI is InChI=1S/C14H22O4/c1-16-10-11-17-8-5-9-18-12-14(15)13-6-3-2-4-7-13/h2-4,6-7,14-15H,5,8-12H2,1H3. The highest BCUT2D eigenvalue weighted by molar-refractivity contribution is 5.17. The van der Waals surface area contributed by atoms with Gasteiger partial charge in [-0.25, -0.2) is 0 Å². The molecule has 18 heavy (non-hydrogen) atoms. The van der Waals surface area contributed by atoms with Gasteiger partial charge < -0.3 is 19.3 Å². The van der Waals surface area contributed by atoms with Gasteiger partial charge in [0.1, 0.15) is 6.10 Å². The van der Waals surface area contributed by atoms with E-state index in [1.807, 2.05) is 30.3 Å². The molecule has 0 saturated carbocycles. The monoisotopic (exact) mass is 254 g/mol. The molecule has 1 atom stereocenters. The second-order valence-corrected chi connectivity index (χ2v) is 3.96. The summed E-state index contributed by atoms with van der Waals surface area (Å²) in [5, 5.41) is 9.82. The van der Waals surface area contributed by atoms with Crippen LogP contribution in [0.3, 0.4) is 0 Å². The van der Waals surface area contributed by atoms with E-state index in [9.17, 15) is 5.11 Å². The molecule has 4 nitrogen and oxygen atoms in total. The smallest absolute Gasteiger partial charge is 0.102 e. The lowest BCUT2D eigenvalue weighted by molar-refractivity contribution is 0.0182. The second-order valence-electron chi connectivity index (χ2n) is 3.96. The first-order chi connectivity index (χ1) is 8.84. The summed E-state index contributed by atoms with van der Waals surface area (Å²) in [5.74, 6) is 0. The first kappa shape index (κ1) is 15.1. The zero-order chi connectivity index (χ0) is 13.1. The Morgan fingerprint density at radius 2 is 1.72 bits per heavy atom. The molecule has 0 radical (unpaired) electrons. The summed E-state index contributed by atoms with van der Waals surface area (Å²) in [7, 11) is 1.65. The minimum absolute atomic E-state index is 0.322. The van der Waals surface area contributed by atoms with Crippen molar-refractivity contribution in [2.24, 2.45) is 0 Å². The largest absolute Gasteiger partial charge is 0.386 e. The Morgan fingerprint density at radius 1 is 1.00 bits per heavy atom. The van der Waals surface area contributed by atoms with Crippen molar-refractivity contribution in [2.45, 2.75) is 12.5 Å². The fraction of sp³-hybridized carbons (Fsp3) is 0.571. The number of hydrogen-bond acceptors (Lipinski definition) is 4. The van der Waals surface area contributed by atoms with Crippen molar-refractivity contribution in [1.82, 2.24) is 0 Å². The number of hydrogen-bond donors (Lipinski definition) is 1. The first-order valence-electron chi connectivity index (χ1n) is 6.22. The van der Waals surface area contributed by atoms with Crippen molar-refractivity contribution in [3.05, 3.63) is 35.9 Å². The predicted molar refractivity (Wildman–Crippen MR) is 69.5 cm³/mol. The third kappa shape index (κ3) is 6.71. The van der Waals surface area contributed by atoms with Crippen LogP contribution in [0.25, 0.3) is 0 Å². The van der Waals surface area contributed by atoms with Crippen molar-refractivity contribution in [1.29, 1.82) is 0 Å². The molecule has 0 aliphatic carbocycles. The third-order valence-electron chi connectivity index (χ3n) is 2.47. The van der Waals surface area contributed by atoms with Gasteiger partial charge in [-0.15, -0.1) is 0 Å². The normalized spacial score (nSPS) is 12.6. The Kier molecular flexibility index (Phi) is 8.42. The van der Waals surface area contributed by atoms with E-state index in [1.54, 1.807) is 7.11 Å². The molecule has 1 unspecified atom stereocenters. The molecule has 1 aromatic rings. The van der Waals surface area contributed by atoms with E-state index < -0.39 is 6.10 Å². The number of ether oxygens (including phenoxy) is 3. The summed E-state index contributed by atoms with van der Waals surface area (Å²) in [6.07, 6.45) is 0.270. The molecule has 0 amide bonds. The molecule has 1 N–H and O–H groups in total. The van der Waals surface area contributed by atoms with Crippen LogP contribution in [0.5, 0.6) is 0 Å². The maximum Gasteiger partial charge on any atom is 0.102 e. The van der Waals surface area contributed by atoms with Crippen LogP contribution in [0.4, 0.5) is 0 Å². The molecule has 0 saturated heterocycles. The van der Waals surface area contributed by atoms with Crippen LogP contribution in [0.1, 0.15) is 18.1 Å². The molecule has 1 rings (SSSR count). The molecular formula is C14H22O4. The van der Waals surface area contributed by atoms with E-state index >= 15 is 0 Å². The summed E-state index contributed by atoms with van der Waals surface area (Å²) in [6.45, 7) is 2.81. The predicted octanol–water partition coefficient (Wildman–Crippen LogP) is 1.79. The van der Waals surface area contributed by atoms with Gasteiger partial charge in [0.15, 0.2) is 0 Å². The van der Waals surface area contributed by atoms with Crippen molar-refractivity contribution in [2.75, 3.05) is 40.1 Å². The summed E-state index contributed by atoms with van der Waals surface area (Å²) < 4.78 is 15.6. The number of aliphatic hydroxyl groups excluding tert-OH is 1. The number of aliphatic hydroxyl groups is 1. The molecular weight excluding hydrogens is 232 g/mol. The van der Waals surface area contributed by atoms with Crippen LogP contribution < -0.4 is 0 Å². The second kappa shape index (κ2) is 10.0. The van der Waals surface area contributed by atoms with Crippen LogP contribution in [-0.2, 0) is 14.2 Å². The Labute approximate surface area is 108 Å². The van der Waals surface area contributed by atoms with Crippen LogP contribution in [0.2, 0.25) is 0 Å². The lowest BCUT2D eigenvalue weighted by Crippen LogP contribution is -2.10. The first-order valence-corrected chi connectivity index (χ1v) is 6.22. The molecule has 1 aromatic carbocycles. The van der Waals surface area contributed by atoms with E-state index in [-0.39, 0.29) is 0 Å². The van der Waals surface area contributed by atoms with Gasteiger partial charge in [0.25, 0.3) is 0 Å². The van der Waals surface area contributed by atoms with Crippen molar-refractivity contribution in [3.63, 3.8) is 0 Å². The summed E-state index contributed by atoms with van der Waals surface area (Å²) >= 11 is 0. The fourth-order valence-electron chi connectivity index (χ4n) is 1.47. The quantitative estimate of drug-likeness (QED) is 0.647. The van der Waals surface area contributed by atoms with Crippen molar-refractivity contribution < 1.29 is 19.3 Å². The Hall–Kier alpha value is -0.940. The summed E-state index contributed by atoms with van der Waals surface area (Å²) in [6, 6.07) is 9.52. The van der Waals surface area contributed by atoms with Crippen LogP contribution in [0, 0.1) is 0 Å². The lowest BCUT2D eigenvalue weighted by Gasteiger charge is -2.11. The number of rotatable bonds is 10. The van der Waals surface area contributed by atoms with Gasteiger partial charge >= 0.3 is 0 Å². The lowest BCUT2D eigenvalue weighted by atomic mass is 10.1. The molecule has 4 heteroatoms. The van der Waals surface area contributed by atoms with Gasteiger partial charge in [-0.1, -0.05) is 30.3 Å². The van der Waals surface area contributed by atoms with E-state index in [2.05, 4.69) is 0 Å². The third-order valence-corrected chi connectivity index (χ3v) is 2.47. The molecule has 0 heterocycles. The zero-order valence-corrected chi connectivity index (χ0v) is 10.9. The Balaban J connectivity index is 1.98. The van der Waals surface area contributed by atoms with Gasteiger partial charge in [-0.05, 0) is 12.0 Å². The van der Waals surface area contributed by atoms with Crippen LogP contribution in [0.15, 0.2) is 30.3 Å². The maximum atomic E-state index is 9.82. The fourth-order valence-corrected chi connectivity index (χ4v) is 1.47. The highest BCUT2D eigenvalue weighted by Crippen LogP contribution is 2.11. The van der Waals surface area contributed by atoms with E-state index in [4.69, 9.17) is 14.2 Å². The molecule has 0 aromatic heterocycles. The van der Waals surface area contributed by atoms with Gasteiger partial charge in [-0.2, -0.15) is 0 Å². The van der Waals surface area contributed by atoms with Crippen LogP contribution >= 0.6 is 0 Å². The van der Waals surface area contributed by atoms with Gasteiger partial charge in [0.2, 0.25) is 0 Å². The van der Waals surface area contributed by atoms with Gasteiger partial charge in [0, 0.05) is 20.3 Å². The molecule has 0 fully saturated rings. The van der Waals surface area contributed by atoms with Gasteiger partial charge in [-0.3, -0.25) is 0 Å². The molecule has 0 aliphatic heterocycles. The number of benzene rings is 1. The van der Waals surface area contributed by atoms with Gasteiger partial charge in [0.05, 0.1) is 19.8 Å². The van der Waals surface area contributed by atoms with E-state index in [1.165, 1.54) is 0 Å². The molecule has 0 bridgehead atoms. The van der Waals surface area contributed by atoms with Crippen molar-refractivity contribution in [3.8, 4) is 0 Å². The number of methoxy groups -OCH3 is 1. The topological polar surface area (TPSA) is 47.9 Å². The highest BCUT2D eigenvalue weighted by atomic mass is 16.5. The Bertz CT molecular complexity index is 289. The van der Waals surface area contributed by atoms with E-state index in [0.29, 0.717) is 33.0 Å². The molecule has 0 aliphatic rings. The van der Waals surface area contributed by atoms with E-state index in [0.717, 1.165) is 12.0 Å². The highest BCUT2D eigenvalue weighted by Gasteiger charge is 2.05. The van der Waals surface area contributed by atoms with Crippen LogP contribution in [-0.4, -0.2) is 45.3 Å². The SMILES string of the molecule is COCCOCCCOCC(O)c1ccccc1. The summed E-state index contributed by atoms with van der Waals surface area (Å²) in [5.41, 5.74) is 0.883. The molecule has 0 spiro atoms. The minimum atomic E-state index is -0.555. The maximum absolute atomic E-state index is 9.82. The van der Waals surface area contributed by atoms with Crippen molar-refractivity contribution >= 4 is 0 Å².